The van der Waals surface area contributed by atoms with Gasteiger partial charge in [0.15, 0.2) is 0 Å². The molecule has 7 amide bonds. The second-order valence-corrected chi connectivity index (χ2v) is 15.2. The maximum atomic E-state index is 14.0. The molecule has 15 heteroatoms. The summed E-state index contributed by atoms with van der Waals surface area (Å²) in [6, 6.07) is 2.29. The van der Waals surface area contributed by atoms with E-state index in [9.17, 15) is 33.6 Å². The average molecular weight is 753 g/mol. The third-order valence-corrected chi connectivity index (χ3v) is 10.0. The molecule has 1 aromatic heterocycles. The SMILES string of the molecule is CC[C@@H](C)[C@@H]1NC(=O)[C@H](CC(C)C)NC(=O)CNC(=O)CCNC(=O)[C@H](Cc2c[nH]c3ccccc23)NC(=O)[C@H](C(C)C)NC(=O)C([C@@H](C)CC)NC1=O. The van der Waals surface area contributed by atoms with Gasteiger partial charge >= 0.3 is 0 Å². The van der Waals surface area contributed by atoms with E-state index >= 15 is 0 Å². The fourth-order valence-electron chi connectivity index (χ4n) is 6.31. The van der Waals surface area contributed by atoms with Crippen molar-refractivity contribution in [1.82, 2.24) is 42.2 Å². The number of benzene rings is 1. The van der Waals surface area contributed by atoms with Gasteiger partial charge in [0.1, 0.15) is 30.2 Å². The van der Waals surface area contributed by atoms with E-state index < -0.39 is 84.0 Å². The molecule has 1 aromatic carbocycles. The number of para-hydroxylation sites is 1. The number of nitrogens with one attached hydrogen (secondary N) is 8. The lowest BCUT2D eigenvalue weighted by Gasteiger charge is -2.32. The van der Waals surface area contributed by atoms with Crippen LogP contribution in [0.2, 0.25) is 0 Å². The zero-order chi connectivity index (χ0) is 40.1. The molecule has 0 saturated carbocycles. The molecule has 15 nitrogen and oxygen atoms in total. The number of aromatic amines is 1. The Labute approximate surface area is 318 Å². The predicted octanol–water partition coefficient (Wildman–Crippen LogP) is 1.56. The second kappa shape index (κ2) is 20.5. The number of H-pyrrole nitrogens is 1. The van der Waals surface area contributed by atoms with Crippen LogP contribution >= 0.6 is 0 Å². The zero-order valence-corrected chi connectivity index (χ0v) is 32.9. The minimum atomic E-state index is -1.08. The lowest BCUT2D eigenvalue weighted by atomic mass is 9.93. The Bertz CT molecular complexity index is 1640. The summed E-state index contributed by atoms with van der Waals surface area (Å²) in [4.78, 5) is 98.0. The van der Waals surface area contributed by atoms with Gasteiger partial charge in [-0.15, -0.1) is 0 Å². The van der Waals surface area contributed by atoms with Crippen molar-refractivity contribution in [2.45, 2.75) is 118 Å². The first-order chi connectivity index (χ1) is 25.6. The van der Waals surface area contributed by atoms with Gasteiger partial charge in [-0.3, -0.25) is 33.6 Å². The van der Waals surface area contributed by atoms with Crippen molar-refractivity contribution in [2.24, 2.45) is 23.7 Å². The van der Waals surface area contributed by atoms with E-state index in [1.807, 2.05) is 58.9 Å². The molecule has 298 valence electrons. The Hall–Kier alpha value is -4.95. The number of carbonyl (C=O) groups is 7. The van der Waals surface area contributed by atoms with Gasteiger partial charge in [0.2, 0.25) is 41.4 Å². The fraction of sp³-hybridized carbons (Fsp3) is 0.615. The van der Waals surface area contributed by atoms with E-state index in [1.165, 1.54) is 0 Å². The first-order valence-electron chi connectivity index (χ1n) is 19.2. The van der Waals surface area contributed by atoms with E-state index in [1.54, 1.807) is 27.0 Å². The summed E-state index contributed by atoms with van der Waals surface area (Å²) in [7, 11) is 0. The maximum absolute atomic E-state index is 14.0. The highest BCUT2D eigenvalue weighted by atomic mass is 16.2. The average Bonchev–Trinajstić information content (AvgIpc) is 3.54. The summed E-state index contributed by atoms with van der Waals surface area (Å²) in [5.41, 5.74) is 1.63. The van der Waals surface area contributed by atoms with E-state index in [-0.39, 0.29) is 43.6 Å². The summed E-state index contributed by atoms with van der Waals surface area (Å²) >= 11 is 0. The Morgan fingerprint density at radius 2 is 1.20 bits per heavy atom. The quantitative estimate of drug-likeness (QED) is 0.189. The van der Waals surface area contributed by atoms with Crippen molar-refractivity contribution in [1.29, 1.82) is 0 Å². The summed E-state index contributed by atoms with van der Waals surface area (Å²) in [6.45, 7) is 14.2. The van der Waals surface area contributed by atoms with Crippen LogP contribution < -0.4 is 37.2 Å². The van der Waals surface area contributed by atoms with Gasteiger partial charge in [-0.1, -0.05) is 86.4 Å². The molecule has 0 radical (unpaired) electrons. The van der Waals surface area contributed by atoms with Gasteiger partial charge in [0, 0.05) is 36.5 Å². The van der Waals surface area contributed by atoms with E-state index in [0.29, 0.717) is 12.8 Å². The summed E-state index contributed by atoms with van der Waals surface area (Å²) in [6.07, 6.45) is 3.03. The summed E-state index contributed by atoms with van der Waals surface area (Å²) < 4.78 is 0. The first kappa shape index (κ1) is 43.5. The molecular formula is C39H60N8O7. The predicted molar refractivity (Wildman–Crippen MR) is 205 cm³/mol. The molecular weight excluding hydrogens is 692 g/mol. The van der Waals surface area contributed by atoms with Crippen molar-refractivity contribution in [2.75, 3.05) is 13.1 Å². The van der Waals surface area contributed by atoms with Crippen molar-refractivity contribution in [3.8, 4) is 0 Å². The zero-order valence-electron chi connectivity index (χ0n) is 32.9. The fourth-order valence-corrected chi connectivity index (χ4v) is 6.31. The number of rotatable bonds is 9. The van der Waals surface area contributed by atoms with Gasteiger partial charge in [-0.05, 0) is 41.7 Å². The molecule has 8 N–H and O–H groups in total. The van der Waals surface area contributed by atoms with Crippen LogP contribution in [-0.4, -0.2) is 89.6 Å². The molecule has 0 spiro atoms. The van der Waals surface area contributed by atoms with Gasteiger partial charge in [-0.2, -0.15) is 0 Å². The van der Waals surface area contributed by atoms with Crippen LogP contribution in [0.15, 0.2) is 30.5 Å². The highest BCUT2D eigenvalue weighted by molar-refractivity contribution is 5.97. The largest absolute Gasteiger partial charge is 0.361 e. The van der Waals surface area contributed by atoms with Gasteiger partial charge in [-0.25, -0.2) is 0 Å². The van der Waals surface area contributed by atoms with E-state index in [0.717, 1.165) is 16.5 Å². The van der Waals surface area contributed by atoms with Crippen molar-refractivity contribution in [3.05, 3.63) is 36.0 Å². The van der Waals surface area contributed by atoms with Crippen molar-refractivity contribution < 1.29 is 33.6 Å². The van der Waals surface area contributed by atoms with E-state index in [4.69, 9.17) is 0 Å². The minimum Gasteiger partial charge on any atom is -0.361 e. The molecule has 0 bridgehead atoms. The van der Waals surface area contributed by atoms with Crippen LogP contribution in [0, 0.1) is 23.7 Å². The number of amides is 7. The number of carbonyl (C=O) groups excluding carboxylic acids is 7. The molecule has 54 heavy (non-hydrogen) atoms. The number of hydrogen-bond acceptors (Lipinski definition) is 7. The Morgan fingerprint density at radius 1 is 0.630 bits per heavy atom. The minimum absolute atomic E-state index is 0.00179. The Morgan fingerprint density at radius 3 is 1.80 bits per heavy atom. The Kier molecular flexibility index (Phi) is 16.5. The van der Waals surface area contributed by atoms with Crippen LogP contribution in [0.25, 0.3) is 10.9 Å². The first-order valence-corrected chi connectivity index (χ1v) is 19.2. The molecule has 2 aromatic rings. The number of fused-ring (bicyclic) bond motifs is 1. The van der Waals surface area contributed by atoms with Gasteiger partial charge in [0.25, 0.3) is 0 Å². The van der Waals surface area contributed by atoms with E-state index in [2.05, 4.69) is 42.2 Å². The maximum Gasteiger partial charge on any atom is 0.243 e. The molecule has 1 aliphatic heterocycles. The molecule has 1 fully saturated rings. The molecule has 1 aliphatic rings. The van der Waals surface area contributed by atoms with Crippen LogP contribution in [0.1, 0.15) is 86.6 Å². The monoisotopic (exact) mass is 752 g/mol. The number of hydrogen-bond donors (Lipinski definition) is 8. The second-order valence-electron chi connectivity index (χ2n) is 15.2. The smallest absolute Gasteiger partial charge is 0.243 e. The van der Waals surface area contributed by atoms with Crippen molar-refractivity contribution >= 4 is 52.3 Å². The molecule has 0 aliphatic carbocycles. The Balaban J connectivity index is 2.00. The summed E-state index contributed by atoms with van der Waals surface area (Å²) in [5.74, 6) is -5.10. The van der Waals surface area contributed by atoms with Crippen LogP contribution in [-0.2, 0) is 40.0 Å². The highest BCUT2D eigenvalue weighted by Crippen LogP contribution is 2.20. The molecule has 3 rings (SSSR count). The molecule has 2 heterocycles. The lowest BCUT2D eigenvalue weighted by molar-refractivity contribution is -0.137. The number of aromatic nitrogens is 1. The van der Waals surface area contributed by atoms with Crippen LogP contribution in [0.3, 0.4) is 0 Å². The van der Waals surface area contributed by atoms with Crippen molar-refractivity contribution in [3.63, 3.8) is 0 Å². The van der Waals surface area contributed by atoms with Crippen LogP contribution in [0.5, 0.6) is 0 Å². The lowest BCUT2D eigenvalue weighted by Crippen LogP contribution is -2.62. The normalized spacial score (nSPS) is 24.6. The van der Waals surface area contributed by atoms with Crippen LogP contribution in [0.4, 0.5) is 0 Å². The standard InChI is InChI=1S/C39H60N8O7/c1-9-23(7)33-39(54)47-34(24(8)10-2)38(53)45-32(22(5)6)37(52)44-29(18-25-19-41-27-14-12-11-13-26(25)27)35(50)40-16-15-30(48)42-20-31(49)43-28(17-21(3)4)36(51)46-33/h11-14,19,21-24,28-29,32-34,41H,9-10,15-18,20H2,1-8H3,(H,40,50)(H,42,48)(H,43,49)(H,44,52)(H,45,53)(H,46,51)(H,47,54)/t23-,24+,28+,29+,32+,33+,34?/m1/s1. The topological polar surface area (TPSA) is 219 Å². The highest BCUT2D eigenvalue weighted by Gasteiger charge is 2.36. The van der Waals surface area contributed by atoms with Gasteiger partial charge in [0.05, 0.1) is 6.54 Å². The molecule has 1 unspecified atom stereocenters. The molecule has 7 atom stereocenters. The van der Waals surface area contributed by atoms with Gasteiger partial charge < -0.3 is 42.2 Å². The summed E-state index contributed by atoms with van der Waals surface area (Å²) in [5, 5.41) is 20.1. The molecule has 1 saturated heterocycles. The third kappa shape index (κ3) is 12.3. The third-order valence-electron chi connectivity index (χ3n) is 10.0.